The number of benzene rings is 1. The Morgan fingerprint density at radius 1 is 0.685 bits per heavy atom. The molecule has 16 fully saturated rings. The van der Waals surface area contributed by atoms with Gasteiger partial charge in [0.1, 0.15) is 90.2 Å². The van der Waals surface area contributed by atoms with Crippen LogP contribution in [0.15, 0.2) is 80.9 Å². The number of aliphatic carboxylic acids is 7. The first kappa shape index (κ1) is 48.7. The lowest BCUT2D eigenvalue weighted by Gasteiger charge is -2.74. The van der Waals surface area contributed by atoms with E-state index in [2.05, 4.69) is 0 Å². The number of carbonyl (C=O) groups is 9. The van der Waals surface area contributed by atoms with Crippen LogP contribution in [0.1, 0.15) is 51.9 Å². The second-order valence-corrected chi connectivity index (χ2v) is 30.8. The lowest BCUT2D eigenvalue weighted by atomic mass is 9.21. The van der Waals surface area contributed by atoms with Crippen LogP contribution < -0.4 is 0 Å². The van der Waals surface area contributed by atoms with E-state index < -0.39 is 290 Å². The van der Waals surface area contributed by atoms with Crippen LogP contribution in [0.4, 0.5) is 0 Å². The summed E-state index contributed by atoms with van der Waals surface area (Å²) in [5, 5.41) is 153. The number of carbonyl (C=O) groups excluding carboxylic acids is 1. The summed E-state index contributed by atoms with van der Waals surface area (Å²) in [7, 11) is 0. The van der Waals surface area contributed by atoms with Gasteiger partial charge in [-0.05, 0) is 77.0 Å². The highest BCUT2D eigenvalue weighted by Crippen LogP contribution is 3.10. The number of aromatic carboxylic acids is 1. The monoisotopic (exact) mass is 1260 g/mol. The van der Waals surface area contributed by atoms with Crippen LogP contribution in [0.5, 0.6) is 0 Å². The topological polar surface area (TPSA) is 497 Å². The fourth-order valence-corrected chi connectivity index (χ4v) is 30.1. The number of carboxylic acids is 8. The molecule has 1 aromatic rings. The third kappa shape index (κ3) is 2.97. The maximum Gasteiger partial charge on any atom is 0.339 e. The van der Waals surface area contributed by atoms with Crippen molar-refractivity contribution in [2.24, 2.45) is 71.0 Å². The third-order valence-corrected chi connectivity index (χ3v) is 30.5. The number of ketones is 1. The molecule has 92 heavy (non-hydrogen) atoms. The summed E-state index contributed by atoms with van der Waals surface area (Å²) in [5.41, 5.74) is -49.2. The van der Waals surface area contributed by atoms with E-state index in [-0.39, 0.29) is 39.0 Å². The van der Waals surface area contributed by atoms with E-state index in [1.807, 2.05) is 0 Å². The van der Waals surface area contributed by atoms with Crippen molar-refractivity contribution in [3.05, 3.63) is 109 Å². The number of ether oxygens (including phenoxy) is 8. The van der Waals surface area contributed by atoms with Gasteiger partial charge in [-0.15, -0.1) is 0 Å². The number of rotatable bonds is 9. The molecule has 29 heteroatoms. The Labute approximate surface area is 506 Å². The number of epoxide rings is 8. The fraction of sp³-hybridized carbons (Fsp3) is 0.540. The minimum atomic E-state index is -3.16. The molecule has 1 aromatic carbocycles. The molecule has 0 bridgehead atoms. The summed E-state index contributed by atoms with van der Waals surface area (Å²) in [5.74, 6) is -42.4. The molecule has 25 aliphatic rings. The molecule has 14 unspecified atom stereocenters. The minimum absolute atomic E-state index is 0.0648. The van der Waals surface area contributed by atoms with E-state index in [1.165, 1.54) is 6.08 Å². The van der Waals surface area contributed by atoms with Crippen molar-refractivity contribution >= 4 is 59.1 Å². The Morgan fingerprint density at radius 2 is 1.40 bits per heavy atom. The highest BCUT2D eigenvalue weighted by molar-refractivity contribution is 6.08. The molecule has 8 heterocycles. The second-order valence-electron chi connectivity index (χ2n) is 30.8. The Kier molecular flexibility index (Phi) is 5.95. The van der Waals surface area contributed by atoms with Gasteiger partial charge in [-0.1, -0.05) is 12.2 Å². The van der Waals surface area contributed by atoms with E-state index in [1.54, 1.807) is 0 Å². The number of aliphatic hydroxyl groups is 4. The molecule has 13 spiro atoms. The molecule has 0 radical (unpaired) electrons. The lowest BCUT2D eigenvalue weighted by molar-refractivity contribution is -0.203. The van der Waals surface area contributed by atoms with Crippen LogP contribution in [0.3, 0.4) is 0 Å². The number of fused-ring (bicyclic) bond motifs is 3. The zero-order valence-electron chi connectivity index (χ0n) is 46.2. The van der Waals surface area contributed by atoms with Crippen molar-refractivity contribution < 1.29 is 142 Å². The van der Waals surface area contributed by atoms with Crippen LogP contribution >= 0.6 is 0 Å². The minimum Gasteiger partial charge on any atom is -0.508 e. The van der Waals surface area contributed by atoms with Crippen LogP contribution in [-0.4, -0.2) is 211 Å². The van der Waals surface area contributed by atoms with Gasteiger partial charge in [-0.3, -0.25) is 19.2 Å². The normalized spacial score (nSPS) is 62.5. The fourth-order valence-electron chi connectivity index (χ4n) is 30.1. The zero-order valence-corrected chi connectivity index (χ0v) is 46.2. The number of carboxylic acid groups (broad SMARTS) is 8. The van der Waals surface area contributed by atoms with Gasteiger partial charge in [0.05, 0.1) is 58.3 Å². The summed E-state index contributed by atoms with van der Waals surface area (Å²) in [4.78, 5) is 134. The van der Waals surface area contributed by atoms with Gasteiger partial charge in [0, 0.05) is 52.2 Å². The van der Waals surface area contributed by atoms with Crippen LogP contribution in [0.2, 0.25) is 0 Å². The Bertz CT molecular complexity index is 4990. The smallest absolute Gasteiger partial charge is 0.339 e. The quantitative estimate of drug-likeness (QED) is 0.0931. The molecule has 31 atom stereocenters. The lowest BCUT2D eigenvalue weighted by Crippen LogP contribution is -2.91. The molecule has 29 nitrogen and oxygen atoms in total. The second kappa shape index (κ2) is 11.2. The molecule has 12 N–H and O–H groups in total. The molecular weight excluding hydrogens is 1220 g/mol. The van der Waals surface area contributed by atoms with Crippen LogP contribution in [0.25, 0.3) is 5.57 Å². The molecule has 8 saturated carbocycles. The van der Waals surface area contributed by atoms with Crippen molar-refractivity contribution in [1.29, 1.82) is 0 Å². The Morgan fingerprint density at radius 3 is 2.07 bits per heavy atom. The average molecular weight is 1260 g/mol. The maximum atomic E-state index is 16.5. The van der Waals surface area contributed by atoms with Crippen molar-refractivity contribution in [3.8, 4) is 0 Å². The molecule has 26 rings (SSSR count). The van der Waals surface area contributed by atoms with Crippen molar-refractivity contribution in [1.82, 2.24) is 0 Å². The maximum absolute atomic E-state index is 16.5. The molecule has 17 aliphatic carbocycles. The van der Waals surface area contributed by atoms with E-state index in [4.69, 9.17) is 37.9 Å². The molecule has 464 valence electrons. The highest BCUT2D eigenvalue weighted by Gasteiger charge is 3.26. The molecule has 8 saturated heterocycles. The van der Waals surface area contributed by atoms with Gasteiger partial charge in [0.15, 0.2) is 17.0 Å². The third-order valence-electron chi connectivity index (χ3n) is 30.5. The number of Topliss-reactive ketones (excluding diaryl/α,β-unsaturated/α-hetero) is 1. The van der Waals surface area contributed by atoms with E-state index in [0.717, 1.165) is 31.2 Å². The first-order chi connectivity index (χ1) is 43.5. The van der Waals surface area contributed by atoms with Gasteiger partial charge < -0.3 is 99.2 Å². The van der Waals surface area contributed by atoms with Gasteiger partial charge in [0.2, 0.25) is 11.2 Å². The molecule has 0 aromatic heterocycles. The van der Waals surface area contributed by atoms with E-state index >= 15 is 24.3 Å². The van der Waals surface area contributed by atoms with Crippen LogP contribution in [0, 0.1) is 71.0 Å². The number of hydrogen-bond donors (Lipinski definition) is 12. The van der Waals surface area contributed by atoms with Gasteiger partial charge >= 0.3 is 47.8 Å². The van der Waals surface area contributed by atoms with E-state index in [9.17, 15) is 80.1 Å². The zero-order chi connectivity index (χ0) is 63.0. The summed E-state index contributed by atoms with van der Waals surface area (Å²) in [6.07, 6.45) is 0.742. The van der Waals surface area contributed by atoms with Crippen molar-refractivity contribution in [2.75, 3.05) is 0 Å². The van der Waals surface area contributed by atoms with E-state index in [0.29, 0.717) is 0 Å². The SMILES string of the molecule is CC(=O)C1=C2C(C(=O)O)C3=CC(C(=O)O)=CC4C(O)C5[C@@]67O[C@]68C6=C9[C@]%10%11O[C@@]%10%12[C@@]%10(CC%13C(C(=O)O)=C(O)[C@@]1%14O[C@]%14(C6C2[C@]71O[C@]341)C%13%11)O[C@@]%10(C(=O)O)C1C=CC(O)=C2c3cc(C(=O)O)c4c6c3C([C@@]%123O[C@@]213)[C@]9(O)[C@]12O[C@]61C(C(C(=O)O)C4)C(C(=O)O)[C@]1(O[C@]51C(=O)O)C28. The first-order valence-electron chi connectivity index (χ1n) is 30.5. The number of hydrogen-bond acceptors (Lipinski definition) is 21. The predicted molar refractivity (Wildman–Crippen MR) is 271 cm³/mol. The Hall–Kier alpha value is -7.97. The van der Waals surface area contributed by atoms with Crippen LogP contribution in [-0.2, 0) is 88.3 Å². The summed E-state index contributed by atoms with van der Waals surface area (Å²) < 4.78 is 60.3. The molecule has 8 aliphatic heterocycles. The number of allylic oxidation sites excluding steroid dienone is 1. The first-order valence-corrected chi connectivity index (χ1v) is 30.5. The van der Waals surface area contributed by atoms with Crippen molar-refractivity contribution in [2.45, 2.75) is 127 Å². The summed E-state index contributed by atoms with van der Waals surface area (Å²) in [6, 6.07) is 1.16. The summed E-state index contributed by atoms with van der Waals surface area (Å²) in [6.45, 7) is 1.01. The van der Waals surface area contributed by atoms with Gasteiger partial charge in [-0.2, -0.15) is 0 Å². The number of aliphatic hydroxyl groups excluding tert-OH is 3. The van der Waals surface area contributed by atoms with Crippen molar-refractivity contribution in [3.63, 3.8) is 0 Å². The van der Waals surface area contributed by atoms with Gasteiger partial charge in [-0.25, -0.2) is 24.0 Å². The predicted octanol–water partition coefficient (Wildman–Crippen LogP) is -2.10. The standard InChI is InChI=1S/C63H38O29/c1-9(64)24-23-22(42(76)77)16-4-10(38(68)69)5-17-32(66)36-58(46(82)83)55(87-58)31(43(78)79)27-14(40(72)73)6-11-12(39(70)71)7-13-20-26(11)52(27)62(90-52)44(55)56-30-29(28(23)59(49(16,17)88-59)60(36,56)91-56)53-33-15(21(41(74)75)37(67)54(24,53)86-53)8-47-51(85-47,45(80)81)19-3-2-18(65)25(13)50(19)61(89-50)34(20)48(62,84)35(30)57(33)63(47,61)92-57/h2-5,7,14-15,17,19,22,27-29,31-34,36,44,65-67,84H,6,8H2,1H3,(H,68,69)(H,70,71)(H,72,73)(H,74,75)(H,76,77)(H,78,79)(H,80,81)(H,82,83)/t14?,15?,17?,19?,22?,27?,28?,29?,31?,32?,33?,34?,36?,44?,47-,48+,49+,50+,51+,52-,53+,54-,55-,56-,57-,58-,59+,60+,61-,62-,63-/m0/s1. The Balaban J connectivity index is 0.941. The average Bonchev–Trinajstić information content (AvgIpc) is 1.33. The van der Waals surface area contributed by atoms with Gasteiger partial charge in [0.25, 0.3) is 0 Å². The highest BCUT2D eigenvalue weighted by atomic mass is 16.8. The molecular formula is C63H38O29. The largest absolute Gasteiger partial charge is 0.508 e. The summed E-state index contributed by atoms with van der Waals surface area (Å²) >= 11 is 0. The molecule has 0 amide bonds.